The minimum Gasteiger partial charge on any atom is -0.424 e. The van der Waals surface area contributed by atoms with Crippen LogP contribution in [-0.2, 0) is 47.5 Å². The van der Waals surface area contributed by atoms with Crippen molar-refractivity contribution in [2.75, 3.05) is 13.7 Å². The summed E-state index contributed by atoms with van der Waals surface area (Å²) in [4.78, 5) is 25.8. The summed E-state index contributed by atoms with van der Waals surface area (Å²) in [6.07, 6.45) is -11.5. The predicted octanol–water partition coefficient (Wildman–Crippen LogP) is 5.32. The Bertz CT molecular complexity index is 1990. The first kappa shape index (κ1) is 37.4. The van der Waals surface area contributed by atoms with Crippen molar-refractivity contribution >= 4 is 32.5 Å². The minimum absolute atomic E-state index is 0.0626. The number of ether oxygens (including phenoxy) is 6. The lowest BCUT2D eigenvalue weighted by atomic mass is 9.99. The largest absolute Gasteiger partial charge is 0.514 e. The van der Waals surface area contributed by atoms with Gasteiger partial charge in [-0.1, -0.05) is 71.8 Å². The fraction of sp³-hybridized carbons (Fsp3) is 0.257. The lowest BCUT2D eigenvalue weighted by molar-refractivity contribution is -0.289. The van der Waals surface area contributed by atoms with E-state index in [1.165, 1.54) is 60.7 Å². The van der Waals surface area contributed by atoms with E-state index in [4.69, 9.17) is 36.8 Å². The second-order valence-electron chi connectivity index (χ2n) is 11.2. The number of carbonyl (C=O) groups is 2. The van der Waals surface area contributed by atoms with Gasteiger partial charge >= 0.3 is 12.3 Å². The van der Waals surface area contributed by atoms with Gasteiger partial charge in [0.05, 0.1) is 16.4 Å². The van der Waals surface area contributed by atoms with Crippen LogP contribution in [0.5, 0.6) is 11.5 Å². The number of rotatable bonds is 12. The highest BCUT2D eigenvalue weighted by Gasteiger charge is 2.54. The fourth-order valence-corrected chi connectivity index (χ4v) is 6.88. The molecule has 270 valence electrons. The van der Waals surface area contributed by atoms with Crippen molar-refractivity contribution in [2.24, 2.45) is 0 Å². The first-order valence-electron chi connectivity index (χ1n) is 15.4. The van der Waals surface area contributed by atoms with Gasteiger partial charge in [0, 0.05) is 7.11 Å². The average Bonchev–Trinajstić information content (AvgIpc) is 3.10. The molecule has 0 saturated carbocycles. The third-order valence-electron chi connectivity index (χ3n) is 7.42. The lowest BCUT2D eigenvalue weighted by Crippen LogP contribution is -2.63. The van der Waals surface area contributed by atoms with Crippen LogP contribution in [0.2, 0.25) is 0 Å². The molecular weight excluding hydrogens is 709 g/mol. The maximum Gasteiger partial charge on any atom is 0.514 e. The van der Waals surface area contributed by atoms with Gasteiger partial charge in [-0.2, -0.15) is 16.8 Å². The van der Waals surface area contributed by atoms with Crippen molar-refractivity contribution in [3.05, 3.63) is 120 Å². The molecule has 0 spiro atoms. The van der Waals surface area contributed by atoms with E-state index < -0.39 is 69.9 Å². The molecule has 1 fully saturated rings. The van der Waals surface area contributed by atoms with Crippen LogP contribution in [0.25, 0.3) is 0 Å². The van der Waals surface area contributed by atoms with E-state index in [0.717, 1.165) is 18.2 Å². The highest BCUT2D eigenvalue weighted by Crippen LogP contribution is 2.33. The van der Waals surface area contributed by atoms with Gasteiger partial charge in [-0.3, -0.25) is 8.37 Å². The summed E-state index contributed by atoms with van der Waals surface area (Å²) in [6.45, 7) is 2.65. The zero-order valence-corrected chi connectivity index (χ0v) is 29.2. The first-order chi connectivity index (χ1) is 24.3. The van der Waals surface area contributed by atoms with E-state index >= 15 is 0 Å². The Labute approximate surface area is 295 Å². The predicted molar refractivity (Wildman–Crippen MR) is 178 cm³/mol. The first-order valence-corrected chi connectivity index (χ1v) is 18.2. The van der Waals surface area contributed by atoms with E-state index in [0.29, 0.717) is 0 Å². The highest BCUT2D eigenvalue weighted by atomic mass is 32.2. The Morgan fingerprint density at radius 1 is 0.608 bits per heavy atom. The smallest absolute Gasteiger partial charge is 0.424 e. The van der Waals surface area contributed by atoms with Gasteiger partial charge < -0.3 is 28.4 Å². The van der Waals surface area contributed by atoms with Crippen molar-refractivity contribution in [3.8, 4) is 11.5 Å². The van der Waals surface area contributed by atoms with Crippen molar-refractivity contribution in [1.82, 2.24) is 0 Å². The number of hydrogen-bond donors (Lipinski definition) is 0. The van der Waals surface area contributed by atoms with Crippen LogP contribution in [0.4, 0.5) is 9.59 Å². The van der Waals surface area contributed by atoms with E-state index in [1.807, 2.05) is 0 Å². The number of methoxy groups -OCH3 is 1. The Morgan fingerprint density at radius 3 is 1.53 bits per heavy atom. The lowest BCUT2D eigenvalue weighted by Gasteiger charge is -2.43. The topological polar surface area (TPSA) is 176 Å². The van der Waals surface area contributed by atoms with Crippen molar-refractivity contribution < 1.29 is 63.2 Å². The molecule has 0 amide bonds. The summed E-state index contributed by atoms with van der Waals surface area (Å²) in [7, 11) is -7.98. The average molecular weight is 743 g/mol. The van der Waals surface area contributed by atoms with Gasteiger partial charge in [-0.15, -0.1) is 0 Å². The van der Waals surface area contributed by atoms with Crippen LogP contribution < -0.4 is 9.47 Å². The Balaban J connectivity index is 1.52. The third-order valence-corrected chi connectivity index (χ3v) is 10.0. The van der Waals surface area contributed by atoms with Crippen molar-refractivity contribution in [1.29, 1.82) is 0 Å². The molecule has 5 rings (SSSR count). The molecule has 16 heteroatoms. The molecule has 1 aliphatic heterocycles. The molecule has 1 aliphatic rings. The number of benzene rings is 4. The van der Waals surface area contributed by atoms with Crippen molar-refractivity contribution in [2.45, 2.75) is 54.3 Å². The third kappa shape index (κ3) is 9.90. The van der Waals surface area contributed by atoms with Crippen molar-refractivity contribution in [3.63, 3.8) is 0 Å². The zero-order chi connectivity index (χ0) is 36.6. The quantitative estimate of drug-likeness (QED) is 0.104. The van der Waals surface area contributed by atoms with Gasteiger partial charge in [-0.25, -0.2) is 9.59 Å². The summed E-state index contributed by atoms with van der Waals surface area (Å²) < 4.78 is 97.7. The molecule has 1 saturated heterocycles. The molecule has 51 heavy (non-hydrogen) atoms. The van der Waals surface area contributed by atoms with Crippen LogP contribution >= 0.6 is 0 Å². The molecule has 4 aromatic rings. The summed E-state index contributed by atoms with van der Waals surface area (Å²) in [6, 6.07) is 27.0. The van der Waals surface area contributed by atoms with Gasteiger partial charge in [0.2, 0.25) is 0 Å². The standard InChI is InChI=1S/C35H34O14S2/c1-23-14-18-27(19-15-23)50(38,39)43-22-29-30(49-51(40,41)28-20-16-24(2)17-21-28)31(47-34(36)44-25-10-6-4-7-11-25)32(33(42-3)46-29)48-35(37)45-26-12-8-5-9-13-26/h4-21,29-33H,22H2,1-3H3/t29-,30-,31+,32+,33-/m1/s1. The molecule has 0 aromatic heterocycles. The van der Waals surface area contributed by atoms with E-state index in [1.54, 1.807) is 62.4 Å². The molecule has 0 N–H and O–H groups in total. The highest BCUT2D eigenvalue weighted by molar-refractivity contribution is 7.87. The van der Waals surface area contributed by atoms with Crippen LogP contribution in [0.1, 0.15) is 11.1 Å². The normalized spacial score (nSPS) is 20.6. The van der Waals surface area contributed by atoms with Gasteiger partial charge in [-0.05, 0) is 62.4 Å². The van der Waals surface area contributed by atoms with Gasteiger partial charge in [0.25, 0.3) is 20.2 Å². The summed E-state index contributed by atoms with van der Waals surface area (Å²) in [5, 5.41) is 0. The van der Waals surface area contributed by atoms with Gasteiger partial charge in [0.1, 0.15) is 23.7 Å². The van der Waals surface area contributed by atoms with Gasteiger partial charge in [0.15, 0.2) is 18.5 Å². The maximum absolute atomic E-state index is 13.7. The van der Waals surface area contributed by atoms with Crippen LogP contribution in [-0.4, -0.2) is 73.6 Å². The molecule has 4 aromatic carbocycles. The summed E-state index contributed by atoms with van der Waals surface area (Å²) >= 11 is 0. The van der Waals surface area contributed by atoms with E-state index in [9.17, 15) is 26.4 Å². The van der Waals surface area contributed by atoms with E-state index in [-0.39, 0.29) is 21.3 Å². The molecule has 0 aliphatic carbocycles. The molecular formula is C35H34O14S2. The second kappa shape index (κ2) is 16.5. The molecule has 0 unspecified atom stereocenters. The molecule has 14 nitrogen and oxygen atoms in total. The fourth-order valence-electron chi connectivity index (χ4n) is 4.85. The molecule has 5 atom stereocenters. The SMILES string of the molecule is CO[C@@H]1O[C@H](COS(=O)(=O)c2ccc(C)cc2)[C@@H](OS(=O)(=O)c2ccc(C)cc2)[C@H](OC(=O)Oc2ccccc2)[C@@H]1OC(=O)Oc1ccccc1. The van der Waals surface area contributed by atoms with Crippen LogP contribution in [0.15, 0.2) is 119 Å². The molecule has 1 heterocycles. The summed E-state index contributed by atoms with van der Waals surface area (Å²) in [5.74, 6) is 0.157. The van der Waals surface area contributed by atoms with E-state index in [2.05, 4.69) is 0 Å². The number of carbonyl (C=O) groups excluding carboxylic acids is 2. The van der Waals surface area contributed by atoms with Crippen LogP contribution in [0, 0.1) is 13.8 Å². The summed E-state index contributed by atoms with van der Waals surface area (Å²) in [5.41, 5.74) is 1.54. The second-order valence-corrected chi connectivity index (χ2v) is 14.3. The molecule has 0 radical (unpaired) electrons. The Kier molecular flexibility index (Phi) is 12.1. The number of aryl methyl sites for hydroxylation is 2. The van der Waals surface area contributed by atoms with Crippen LogP contribution in [0.3, 0.4) is 0 Å². The minimum atomic E-state index is -4.70. The monoisotopic (exact) mass is 742 g/mol. The molecule has 0 bridgehead atoms. The number of hydrogen-bond acceptors (Lipinski definition) is 14. The Morgan fingerprint density at radius 2 is 1.06 bits per heavy atom. The zero-order valence-electron chi connectivity index (χ0n) is 27.5. The Hall–Kier alpha value is -4.84. The number of para-hydroxylation sites is 2. The maximum atomic E-state index is 13.7.